The molecule has 1 aromatic carbocycles. The minimum absolute atomic E-state index is 0.0350. The summed E-state index contributed by atoms with van der Waals surface area (Å²) in [6.07, 6.45) is 4.73. The Labute approximate surface area is 223 Å². The number of esters is 1. The number of rotatable bonds is 11. The Bertz CT molecular complexity index is 1260. The van der Waals surface area contributed by atoms with E-state index < -0.39 is 17.7 Å². The van der Waals surface area contributed by atoms with Gasteiger partial charge in [-0.25, -0.2) is 9.78 Å². The third-order valence-corrected chi connectivity index (χ3v) is 6.66. The van der Waals surface area contributed by atoms with Crippen molar-refractivity contribution in [3.8, 4) is 0 Å². The molecular formula is C29H38N4O5. The van der Waals surface area contributed by atoms with E-state index in [1.165, 1.54) is 12.7 Å². The maximum absolute atomic E-state index is 13.1. The summed E-state index contributed by atoms with van der Waals surface area (Å²) in [5.41, 5.74) is 2.32. The van der Waals surface area contributed by atoms with Gasteiger partial charge in [-0.2, -0.15) is 0 Å². The molecule has 3 aromatic rings. The molecule has 0 radical (unpaired) electrons. The third-order valence-electron chi connectivity index (χ3n) is 6.66. The maximum Gasteiger partial charge on any atom is 0.356 e. The second-order valence-electron chi connectivity index (χ2n) is 10.6. The quantitative estimate of drug-likeness (QED) is 0.317. The molecule has 1 saturated heterocycles. The predicted octanol–water partition coefficient (Wildman–Crippen LogP) is 4.53. The van der Waals surface area contributed by atoms with Crippen LogP contribution >= 0.6 is 0 Å². The predicted molar refractivity (Wildman–Crippen MR) is 147 cm³/mol. The van der Waals surface area contributed by atoms with Gasteiger partial charge in [-0.3, -0.25) is 4.79 Å². The second kappa shape index (κ2) is 12.0. The summed E-state index contributed by atoms with van der Waals surface area (Å²) in [5, 5.41) is 17.2. The Kier molecular flexibility index (Phi) is 8.69. The lowest BCUT2D eigenvalue weighted by atomic mass is 10.0. The van der Waals surface area contributed by atoms with Crippen LogP contribution in [0.5, 0.6) is 0 Å². The SMILES string of the molecule is COC(=O)c1c(NC(=O)C2CCCO2)c2cc(NC(C)CC(C)(C)O)cnc2n1CCCc1ccccc1. The number of aliphatic hydroxyl groups is 1. The van der Waals surface area contributed by atoms with Crippen LogP contribution < -0.4 is 10.6 Å². The number of methoxy groups -OCH3 is 1. The molecule has 0 spiro atoms. The molecule has 0 bridgehead atoms. The van der Waals surface area contributed by atoms with E-state index in [9.17, 15) is 14.7 Å². The zero-order valence-corrected chi connectivity index (χ0v) is 22.6. The van der Waals surface area contributed by atoms with Crippen LogP contribution in [0.15, 0.2) is 42.6 Å². The van der Waals surface area contributed by atoms with Crippen molar-refractivity contribution >= 4 is 34.3 Å². The first kappa shape index (κ1) is 27.6. The molecule has 9 nitrogen and oxygen atoms in total. The van der Waals surface area contributed by atoms with E-state index in [1.54, 1.807) is 20.0 Å². The van der Waals surface area contributed by atoms with Crippen LogP contribution in [0, 0.1) is 0 Å². The fraction of sp³-hybridized carbons (Fsp3) is 0.483. The Morgan fingerprint density at radius 2 is 2.05 bits per heavy atom. The molecule has 204 valence electrons. The molecule has 3 N–H and O–H groups in total. The fourth-order valence-corrected chi connectivity index (χ4v) is 5.12. The van der Waals surface area contributed by atoms with E-state index in [-0.39, 0.29) is 17.6 Å². The van der Waals surface area contributed by atoms with Gasteiger partial charge in [-0.05, 0) is 64.5 Å². The van der Waals surface area contributed by atoms with Crippen molar-refractivity contribution in [2.75, 3.05) is 24.4 Å². The maximum atomic E-state index is 13.1. The van der Waals surface area contributed by atoms with Gasteiger partial charge in [0.2, 0.25) is 0 Å². The summed E-state index contributed by atoms with van der Waals surface area (Å²) in [5.74, 6) is -0.833. The number of carbonyl (C=O) groups excluding carboxylic acids is 2. The molecule has 1 amide bonds. The number of pyridine rings is 1. The highest BCUT2D eigenvalue weighted by Gasteiger charge is 2.30. The lowest BCUT2D eigenvalue weighted by Gasteiger charge is -2.23. The van der Waals surface area contributed by atoms with Gasteiger partial charge in [0.15, 0.2) is 5.69 Å². The van der Waals surface area contributed by atoms with Crippen LogP contribution in [0.25, 0.3) is 11.0 Å². The first-order valence-corrected chi connectivity index (χ1v) is 13.2. The molecule has 2 aromatic heterocycles. The van der Waals surface area contributed by atoms with Crippen molar-refractivity contribution in [3.05, 3.63) is 53.9 Å². The van der Waals surface area contributed by atoms with E-state index in [0.29, 0.717) is 42.7 Å². The number of hydrogen-bond acceptors (Lipinski definition) is 7. The standard InChI is InChI=1S/C29H38N4O5/c1-19(17-29(2,3)36)31-21-16-22-24(32-27(34)23-13-9-15-38-23)25(28(35)37-4)33(26(22)30-18-21)14-8-12-20-10-6-5-7-11-20/h5-7,10-11,16,18-19,23,31,36H,8-9,12-15,17H2,1-4H3,(H,32,34). The highest BCUT2D eigenvalue weighted by molar-refractivity contribution is 6.12. The van der Waals surface area contributed by atoms with Crippen LogP contribution in [0.3, 0.4) is 0 Å². The molecular weight excluding hydrogens is 484 g/mol. The van der Waals surface area contributed by atoms with Crippen molar-refractivity contribution < 1.29 is 24.2 Å². The van der Waals surface area contributed by atoms with Gasteiger partial charge in [-0.15, -0.1) is 0 Å². The minimum atomic E-state index is -0.829. The summed E-state index contributed by atoms with van der Waals surface area (Å²) >= 11 is 0. The molecule has 38 heavy (non-hydrogen) atoms. The Morgan fingerprint density at radius 3 is 2.71 bits per heavy atom. The lowest BCUT2D eigenvalue weighted by molar-refractivity contribution is -0.124. The summed E-state index contributed by atoms with van der Waals surface area (Å²) in [6.45, 7) is 6.57. The monoisotopic (exact) mass is 522 g/mol. The highest BCUT2D eigenvalue weighted by Crippen LogP contribution is 2.34. The molecule has 1 aliphatic heterocycles. The second-order valence-corrected chi connectivity index (χ2v) is 10.6. The van der Waals surface area contributed by atoms with Crippen LogP contribution in [0.1, 0.15) is 62.5 Å². The first-order chi connectivity index (χ1) is 18.2. The Balaban J connectivity index is 1.72. The molecule has 0 aliphatic carbocycles. The van der Waals surface area contributed by atoms with Crippen molar-refractivity contribution in [2.45, 2.75) is 77.2 Å². The molecule has 1 fully saturated rings. The van der Waals surface area contributed by atoms with Crippen molar-refractivity contribution in [2.24, 2.45) is 0 Å². The topological polar surface area (TPSA) is 115 Å². The Hall–Kier alpha value is -3.43. The lowest BCUT2D eigenvalue weighted by Crippen LogP contribution is -2.29. The van der Waals surface area contributed by atoms with Gasteiger partial charge >= 0.3 is 5.97 Å². The van der Waals surface area contributed by atoms with E-state index in [4.69, 9.17) is 14.5 Å². The van der Waals surface area contributed by atoms with Crippen molar-refractivity contribution in [1.82, 2.24) is 9.55 Å². The average Bonchev–Trinajstić information content (AvgIpc) is 3.51. The van der Waals surface area contributed by atoms with Gasteiger partial charge in [0.1, 0.15) is 11.8 Å². The average molecular weight is 523 g/mol. The molecule has 9 heteroatoms. The summed E-state index contributed by atoms with van der Waals surface area (Å²) in [7, 11) is 1.33. The number of ether oxygens (including phenoxy) is 2. The van der Waals surface area contributed by atoms with Gasteiger partial charge in [0.25, 0.3) is 5.91 Å². The molecule has 2 unspecified atom stereocenters. The normalized spacial score (nSPS) is 16.4. The number of nitrogens with zero attached hydrogens (tertiary/aromatic N) is 2. The van der Waals surface area contributed by atoms with E-state index in [0.717, 1.165) is 24.9 Å². The fourth-order valence-electron chi connectivity index (χ4n) is 5.12. The van der Waals surface area contributed by atoms with Crippen molar-refractivity contribution in [3.63, 3.8) is 0 Å². The van der Waals surface area contributed by atoms with Crippen LogP contribution in [0.2, 0.25) is 0 Å². The summed E-state index contributed by atoms with van der Waals surface area (Å²) in [4.78, 5) is 30.9. The van der Waals surface area contributed by atoms with Gasteiger partial charge in [0, 0.05) is 24.6 Å². The third kappa shape index (κ3) is 6.71. The van der Waals surface area contributed by atoms with E-state index in [2.05, 4.69) is 22.8 Å². The molecule has 0 saturated carbocycles. The number of carbonyl (C=O) groups is 2. The number of hydrogen-bond donors (Lipinski definition) is 3. The highest BCUT2D eigenvalue weighted by atomic mass is 16.5. The number of aromatic nitrogens is 2. The zero-order valence-electron chi connectivity index (χ0n) is 22.6. The van der Waals surface area contributed by atoms with Crippen LogP contribution in [-0.4, -0.2) is 58.0 Å². The van der Waals surface area contributed by atoms with E-state index >= 15 is 0 Å². The van der Waals surface area contributed by atoms with E-state index in [1.807, 2.05) is 35.8 Å². The number of amides is 1. The van der Waals surface area contributed by atoms with Gasteiger partial charge in [0.05, 0.1) is 30.3 Å². The summed E-state index contributed by atoms with van der Waals surface area (Å²) in [6, 6.07) is 12.0. The molecule has 1 aliphatic rings. The number of fused-ring (bicyclic) bond motifs is 1. The summed E-state index contributed by atoms with van der Waals surface area (Å²) < 4.78 is 12.6. The molecule has 2 atom stereocenters. The van der Waals surface area contributed by atoms with Gasteiger partial charge in [-0.1, -0.05) is 30.3 Å². The minimum Gasteiger partial charge on any atom is -0.464 e. The molecule has 3 heterocycles. The first-order valence-electron chi connectivity index (χ1n) is 13.2. The number of anilines is 2. The number of nitrogens with one attached hydrogen (secondary N) is 2. The largest absolute Gasteiger partial charge is 0.464 e. The Morgan fingerprint density at radius 1 is 1.29 bits per heavy atom. The van der Waals surface area contributed by atoms with Crippen LogP contribution in [-0.2, 0) is 27.2 Å². The smallest absolute Gasteiger partial charge is 0.356 e. The number of benzene rings is 1. The van der Waals surface area contributed by atoms with Gasteiger partial charge < -0.3 is 29.8 Å². The zero-order chi connectivity index (χ0) is 27.3. The van der Waals surface area contributed by atoms with Crippen LogP contribution in [0.4, 0.5) is 11.4 Å². The van der Waals surface area contributed by atoms with Crippen molar-refractivity contribution in [1.29, 1.82) is 0 Å². The number of aryl methyl sites for hydroxylation is 2. The molecule has 4 rings (SSSR count).